The number of nitrogens with zero attached hydrogens (tertiary/aromatic N) is 9. The van der Waals surface area contributed by atoms with Gasteiger partial charge in [-0.2, -0.15) is 9.36 Å². The summed E-state index contributed by atoms with van der Waals surface area (Å²) in [7, 11) is 0. The summed E-state index contributed by atoms with van der Waals surface area (Å²) in [5.74, 6) is -1.92. The minimum atomic E-state index is -1.23. The Morgan fingerprint density at radius 3 is 2.98 bits per heavy atom. The summed E-state index contributed by atoms with van der Waals surface area (Å²) in [6.45, 7) is 0. The number of carboxylic acid groups (broad SMARTS) is 1. The van der Waals surface area contributed by atoms with Gasteiger partial charge >= 0.3 is 5.97 Å². The van der Waals surface area contributed by atoms with Gasteiger partial charge in [-0.25, -0.2) is 4.79 Å². The molecule has 4 N–H and O–H groups in total. The number of hydrogen-bond donors (Lipinski definition) is 3. The molecular weight excluding hydrogens is 583 g/mol. The van der Waals surface area contributed by atoms with E-state index in [4.69, 9.17) is 10.6 Å². The molecule has 3 aliphatic rings. The third-order valence-electron chi connectivity index (χ3n) is 6.09. The highest BCUT2D eigenvalue weighted by Gasteiger charge is 2.54. The molecule has 0 aromatic carbocycles. The molecule has 0 spiro atoms. The van der Waals surface area contributed by atoms with E-state index in [0.717, 1.165) is 18.0 Å². The summed E-state index contributed by atoms with van der Waals surface area (Å²) in [5, 5.41) is 32.1. The highest BCUT2D eigenvalue weighted by Crippen LogP contribution is 2.41. The maximum absolute atomic E-state index is 13.2. The summed E-state index contributed by atoms with van der Waals surface area (Å²) in [4.78, 5) is 49.3. The molecule has 206 valence electrons. The smallest absolute Gasteiger partial charge is 0.352 e. The van der Waals surface area contributed by atoms with Crippen molar-refractivity contribution in [3.8, 4) is 0 Å². The van der Waals surface area contributed by atoms with Crippen LogP contribution in [-0.4, -0.2) is 97.1 Å². The number of fused-ring (bicyclic) bond motifs is 2. The minimum absolute atomic E-state index is 0.0270. The lowest BCUT2D eigenvalue weighted by atomic mass is 10.0. The minimum Gasteiger partial charge on any atom is -0.477 e. The third-order valence-corrected chi connectivity index (χ3v) is 8.98. The van der Waals surface area contributed by atoms with E-state index in [9.17, 15) is 19.5 Å². The number of thioether (sulfide) groups is 2. The van der Waals surface area contributed by atoms with Gasteiger partial charge in [-0.05, 0) is 47.1 Å². The van der Waals surface area contributed by atoms with E-state index < -0.39 is 29.2 Å². The van der Waals surface area contributed by atoms with E-state index in [0.29, 0.717) is 28.4 Å². The maximum atomic E-state index is 13.2. The van der Waals surface area contributed by atoms with Gasteiger partial charge in [0.1, 0.15) is 28.2 Å². The molecule has 16 nitrogen and oxygen atoms in total. The van der Waals surface area contributed by atoms with E-state index in [1.165, 1.54) is 33.1 Å². The summed E-state index contributed by atoms with van der Waals surface area (Å²) in [5.41, 5.74) is 6.40. The number of anilines is 1. The Hall–Kier alpha value is -4.10. The van der Waals surface area contributed by atoms with Crippen molar-refractivity contribution >= 4 is 69.3 Å². The number of oxime groups is 1. The second-order valence-electron chi connectivity index (χ2n) is 8.65. The maximum Gasteiger partial charge on any atom is 0.352 e. The van der Waals surface area contributed by atoms with Crippen molar-refractivity contribution in [3.63, 3.8) is 0 Å². The SMILES string of the molecule is Nc1nc(C(=NOC2C=CCC2)C(=O)NC2C(=O)N3C(C(=O)O)=C(CSc4ccc5nnnn5n4)CS[C@@H]23)ns1. The van der Waals surface area contributed by atoms with Gasteiger partial charge in [0.25, 0.3) is 11.8 Å². The molecule has 3 atom stereocenters. The first-order valence-electron chi connectivity index (χ1n) is 11.8. The van der Waals surface area contributed by atoms with Crippen LogP contribution in [0.2, 0.25) is 0 Å². The molecule has 2 amide bonds. The molecule has 0 radical (unpaired) electrons. The van der Waals surface area contributed by atoms with Crippen molar-refractivity contribution < 1.29 is 24.3 Å². The molecule has 5 heterocycles. The average molecular weight is 602 g/mol. The molecule has 3 aromatic heterocycles. The van der Waals surface area contributed by atoms with Crippen LogP contribution < -0.4 is 11.1 Å². The van der Waals surface area contributed by atoms with Gasteiger partial charge in [-0.1, -0.05) is 11.2 Å². The third kappa shape index (κ3) is 4.97. The number of hydrogen-bond acceptors (Lipinski definition) is 15. The number of nitrogen functional groups attached to an aromatic ring is 1. The molecule has 3 aromatic rings. The Morgan fingerprint density at radius 2 is 2.23 bits per heavy atom. The lowest BCUT2D eigenvalue weighted by Crippen LogP contribution is -2.71. The van der Waals surface area contributed by atoms with E-state index in [1.807, 2.05) is 12.2 Å². The second-order valence-corrected chi connectivity index (χ2v) is 11.5. The molecule has 0 bridgehead atoms. The van der Waals surface area contributed by atoms with Gasteiger partial charge in [-0.3, -0.25) is 14.5 Å². The first kappa shape index (κ1) is 26.1. The number of β-lactam (4-membered cyclic amide) rings is 1. The van der Waals surface area contributed by atoms with Gasteiger partial charge in [0.05, 0.1) is 0 Å². The number of rotatable bonds is 9. The molecule has 1 aliphatic carbocycles. The highest BCUT2D eigenvalue weighted by atomic mass is 32.2. The molecule has 40 heavy (non-hydrogen) atoms. The Morgan fingerprint density at radius 1 is 1.35 bits per heavy atom. The Kier molecular flexibility index (Phi) is 7.07. The van der Waals surface area contributed by atoms with Gasteiger partial charge in [-0.15, -0.1) is 38.4 Å². The van der Waals surface area contributed by atoms with Crippen molar-refractivity contribution in [2.75, 3.05) is 17.2 Å². The van der Waals surface area contributed by atoms with Crippen LogP contribution in [0.15, 0.2) is 45.7 Å². The fourth-order valence-electron chi connectivity index (χ4n) is 4.20. The Balaban J connectivity index is 1.17. The topological polar surface area (TPSA) is 216 Å². The molecule has 1 fully saturated rings. The number of nitrogens with two attached hydrogens (primary N) is 1. The van der Waals surface area contributed by atoms with E-state index in [1.54, 1.807) is 12.1 Å². The zero-order valence-electron chi connectivity index (χ0n) is 20.3. The number of carbonyl (C=O) groups is 3. The van der Waals surface area contributed by atoms with Crippen LogP contribution in [0.4, 0.5) is 5.13 Å². The molecule has 0 saturated carbocycles. The number of carbonyl (C=O) groups excluding carboxylic acids is 2. The van der Waals surface area contributed by atoms with Crippen LogP contribution in [0.1, 0.15) is 18.7 Å². The highest BCUT2D eigenvalue weighted by molar-refractivity contribution is 8.01. The molecular formula is C21H19N11O5S3. The summed E-state index contributed by atoms with van der Waals surface area (Å²) < 4.78 is 5.32. The van der Waals surface area contributed by atoms with Crippen molar-refractivity contribution in [2.45, 2.75) is 35.4 Å². The van der Waals surface area contributed by atoms with Gasteiger partial charge in [0.15, 0.2) is 10.8 Å². The number of amides is 2. The standard InChI is InChI=1S/C21H19N11O5S3/c22-21-24-16(28-40-21)13(27-37-10-3-1-2-4-10)17(33)23-14-18(34)31-15(20(35)36)9(8-39-19(14)31)7-38-12-6-5-11-25-29-30-32(11)26-12/h1,3,5-6,10,14,19H,2,4,7-8H2,(H,23,33)(H,35,36)(H2,22,24,28)/t10?,14?,19-/m0/s1. The van der Waals surface area contributed by atoms with E-state index in [2.05, 4.69) is 40.5 Å². The average Bonchev–Trinajstić information content (AvgIpc) is 3.72. The second kappa shape index (κ2) is 10.8. The predicted octanol–water partition coefficient (Wildman–Crippen LogP) is -0.0768. The number of aromatic nitrogens is 7. The fraction of sp³-hybridized carbons (Fsp3) is 0.333. The first-order valence-corrected chi connectivity index (χ1v) is 14.6. The van der Waals surface area contributed by atoms with Crippen LogP contribution in [0, 0.1) is 0 Å². The van der Waals surface area contributed by atoms with Crippen molar-refractivity contribution in [1.82, 2.24) is 44.8 Å². The van der Waals surface area contributed by atoms with E-state index >= 15 is 0 Å². The van der Waals surface area contributed by atoms with Crippen LogP contribution in [0.25, 0.3) is 5.65 Å². The van der Waals surface area contributed by atoms with Gasteiger partial charge in [0.2, 0.25) is 11.5 Å². The molecule has 1 saturated heterocycles. The van der Waals surface area contributed by atoms with Gasteiger partial charge in [0, 0.05) is 23.0 Å². The number of aliphatic carboxylic acids is 1. The molecule has 6 rings (SSSR count). The van der Waals surface area contributed by atoms with Crippen LogP contribution in [-0.2, 0) is 19.2 Å². The zero-order chi connectivity index (χ0) is 27.8. The number of nitrogens with one attached hydrogen (secondary N) is 1. The summed E-state index contributed by atoms with van der Waals surface area (Å²) in [6, 6.07) is 2.45. The van der Waals surface area contributed by atoms with Crippen molar-refractivity contribution in [2.24, 2.45) is 5.16 Å². The van der Waals surface area contributed by atoms with Crippen LogP contribution in [0.3, 0.4) is 0 Å². The number of carboxylic acids is 1. The first-order chi connectivity index (χ1) is 19.4. The lowest BCUT2D eigenvalue weighted by molar-refractivity contribution is -0.150. The molecule has 2 aliphatic heterocycles. The number of allylic oxidation sites excluding steroid dienone is 1. The predicted molar refractivity (Wildman–Crippen MR) is 143 cm³/mol. The molecule has 2 unspecified atom stereocenters. The lowest BCUT2D eigenvalue weighted by Gasteiger charge is -2.49. The summed E-state index contributed by atoms with van der Waals surface area (Å²) in [6.07, 6.45) is 5.04. The van der Waals surface area contributed by atoms with Crippen LogP contribution in [0.5, 0.6) is 0 Å². The van der Waals surface area contributed by atoms with E-state index in [-0.39, 0.29) is 34.2 Å². The monoisotopic (exact) mass is 601 g/mol. The Bertz CT molecular complexity index is 1600. The number of tetrazole rings is 1. The normalized spacial score (nSPS) is 22.4. The Labute approximate surface area is 237 Å². The van der Waals surface area contributed by atoms with Gasteiger partial charge < -0.3 is 21.0 Å². The molecule has 19 heteroatoms. The van der Waals surface area contributed by atoms with Crippen molar-refractivity contribution in [3.05, 3.63) is 41.4 Å². The fourth-order valence-corrected chi connectivity index (χ4v) is 6.97. The zero-order valence-corrected chi connectivity index (χ0v) is 22.7. The van der Waals surface area contributed by atoms with Crippen LogP contribution >= 0.6 is 35.1 Å². The summed E-state index contributed by atoms with van der Waals surface area (Å²) >= 11 is 3.54. The largest absolute Gasteiger partial charge is 0.477 e. The quantitative estimate of drug-likeness (QED) is 0.0962. The van der Waals surface area contributed by atoms with Crippen molar-refractivity contribution in [1.29, 1.82) is 0 Å².